The number of benzene rings is 3. The van der Waals surface area contributed by atoms with E-state index in [1.807, 2.05) is 86.8 Å². The molecule has 168 valence electrons. The Balaban J connectivity index is 1.56. The summed E-state index contributed by atoms with van der Waals surface area (Å²) in [6, 6.07) is 25.8. The second-order valence-corrected chi connectivity index (χ2v) is 9.11. The van der Waals surface area contributed by atoms with Gasteiger partial charge in [-0.3, -0.25) is 9.97 Å². The first-order chi connectivity index (χ1) is 16.9. The number of nitrogens with zero attached hydrogens (tertiary/aromatic N) is 4. The molecule has 0 spiro atoms. The average molecular weight is 457 g/mol. The van der Waals surface area contributed by atoms with Gasteiger partial charge in [0.05, 0.1) is 34.4 Å². The van der Waals surface area contributed by atoms with Crippen molar-refractivity contribution in [3.63, 3.8) is 0 Å². The molecule has 0 aliphatic carbocycles. The number of rotatable bonds is 3. The molecule has 6 heteroatoms. The van der Waals surface area contributed by atoms with Gasteiger partial charge in [0, 0.05) is 22.5 Å². The molecule has 6 aromatic rings. The van der Waals surface area contributed by atoms with Gasteiger partial charge in [-0.1, -0.05) is 36.4 Å². The van der Waals surface area contributed by atoms with Crippen LogP contribution in [0.5, 0.6) is 0 Å². The van der Waals surface area contributed by atoms with Crippen LogP contribution in [-0.2, 0) is 5.41 Å². The van der Waals surface area contributed by atoms with Gasteiger partial charge in [-0.2, -0.15) is 5.26 Å². The largest absolute Gasteiger partial charge is 0.424 e. The number of oxazole rings is 1. The van der Waals surface area contributed by atoms with E-state index in [4.69, 9.17) is 4.42 Å². The molecule has 3 aromatic heterocycles. The monoisotopic (exact) mass is 456 g/mol. The molecule has 0 amide bonds. The van der Waals surface area contributed by atoms with Crippen LogP contribution in [0.4, 0.5) is 0 Å². The van der Waals surface area contributed by atoms with Crippen molar-refractivity contribution in [3.8, 4) is 22.9 Å². The first-order valence-corrected chi connectivity index (χ1v) is 11.3. The molecule has 0 bridgehead atoms. The Morgan fingerprint density at radius 1 is 0.886 bits per heavy atom. The molecule has 0 N–H and O–H groups in total. The van der Waals surface area contributed by atoms with Crippen LogP contribution in [0.2, 0.25) is 0 Å². The van der Waals surface area contributed by atoms with Crippen molar-refractivity contribution in [2.75, 3.05) is 0 Å². The van der Waals surface area contributed by atoms with Crippen LogP contribution < -0.4 is 5.76 Å². The van der Waals surface area contributed by atoms with E-state index in [1.165, 1.54) is 0 Å². The Kier molecular flexibility index (Phi) is 4.55. The number of fused-ring (bicyclic) bond motifs is 4. The van der Waals surface area contributed by atoms with Gasteiger partial charge in [-0.15, -0.1) is 0 Å². The van der Waals surface area contributed by atoms with Gasteiger partial charge in [0.25, 0.3) is 0 Å². The Bertz CT molecular complexity index is 1850. The second-order valence-electron chi connectivity index (χ2n) is 9.11. The van der Waals surface area contributed by atoms with E-state index in [9.17, 15) is 10.1 Å². The maximum absolute atomic E-state index is 12.9. The molecule has 0 saturated heterocycles. The smallest absolute Gasteiger partial charge is 0.406 e. The summed E-state index contributed by atoms with van der Waals surface area (Å²) in [5, 5.41) is 11.3. The van der Waals surface area contributed by atoms with Gasteiger partial charge in [0.15, 0.2) is 5.58 Å². The van der Waals surface area contributed by atoms with Gasteiger partial charge < -0.3 is 4.42 Å². The van der Waals surface area contributed by atoms with Crippen LogP contribution in [0, 0.1) is 11.3 Å². The molecule has 6 nitrogen and oxygen atoms in total. The second kappa shape index (κ2) is 7.64. The zero-order chi connectivity index (χ0) is 24.2. The van der Waals surface area contributed by atoms with Crippen molar-refractivity contribution < 1.29 is 4.42 Å². The predicted octanol–water partition coefficient (Wildman–Crippen LogP) is 6.15. The van der Waals surface area contributed by atoms with Crippen molar-refractivity contribution >= 4 is 32.9 Å². The first kappa shape index (κ1) is 20.8. The number of pyridine rings is 2. The maximum atomic E-state index is 12.9. The third-order valence-electron chi connectivity index (χ3n) is 6.46. The van der Waals surface area contributed by atoms with Crippen molar-refractivity contribution in [1.29, 1.82) is 5.26 Å². The Hall–Kier alpha value is -4.76. The summed E-state index contributed by atoms with van der Waals surface area (Å²) in [7, 11) is 0. The highest BCUT2D eigenvalue weighted by Crippen LogP contribution is 2.31. The third kappa shape index (κ3) is 3.37. The van der Waals surface area contributed by atoms with Gasteiger partial charge >= 0.3 is 5.76 Å². The molecule has 3 aromatic carbocycles. The Labute approximate surface area is 200 Å². The SMILES string of the molecule is CC(C)(C#N)c1ccc(-n2c(=O)oc3cnc4ccc(-c5cnc6ccccc6c5)cc4c32)cc1. The highest BCUT2D eigenvalue weighted by molar-refractivity contribution is 6.04. The lowest BCUT2D eigenvalue weighted by Gasteiger charge is -2.16. The summed E-state index contributed by atoms with van der Waals surface area (Å²) in [5.74, 6) is -0.487. The highest BCUT2D eigenvalue weighted by Gasteiger charge is 2.21. The zero-order valence-electron chi connectivity index (χ0n) is 19.2. The number of nitriles is 1. The summed E-state index contributed by atoms with van der Waals surface area (Å²) < 4.78 is 7.12. The van der Waals surface area contributed by atoms with Crippen LogP contribution in [-0.4, -0.2) is 14.5 Å². The average Bonchev–Trinajstić information content (AvgIpc) is 3.24. The molecule has 0 unspecified atom stereocenters. The summed E-state index contributed by atoms with van der Waals surface area (Å²) in [6.45, 7) is 3.73. The standard InChI is InChI=1S/C29H20N4O2/c1-29(2,17-30)21-8-10-22(11-9-21)33-27-23-14-18(7-12-25(23)32-16-26(27)35-28(33)34)20-13-19-5-3-4-6-24(19)31-15-20/h3-16H,1-2H3. The highest BCUT2D eigenvalue weighted by atomic mass is 16.4. The predicted molar refractivity (Wildman–Crippen MR) is 136 cm³/mol. The van der Waals surface area contributed by atoms with Crippen molar-refractivity contribution in [2.24, 2.45) is 0 Å². The number of para-hydroxylation sites is 1. The van der Waals surface area contributed by atoms with Gasteiger partial charge in [0.1, 0.15) is 5.52 Å². The molecule has 0 saturated carbocycles. The van der Waals surface area contributed by atoms with E-state index in [1.54, 1.807) is 10.8 Å². The molecule has 0 aliphatic rings. The summed E-state index contributed by atoms with van der Waals surface area (Å²) in [4.78, 5) is 22.0. The molecular formula is C29H20N4O2. The van der Waals surface area contributed by atoms with Crippen molar-refractivity contribution in [1.82, 2.24) is 14.5 Å². The summed E-state index contributed by atoms with van der Waals surface area (Å²) >= 11 is 0. The molecule has 0 aliphatic heterocycles. The Morgan fingerprint density at radius 3 is 2.46 bits per heavy atom. The number of hydrogen-bond acceptors (Lipinski definition) is 5. The van der Waals surface area contributed by atoms with Crippen LogP contribution in [0.15, 0.2) is 94.4 Å². The van der Waals surface area contributed by atoms with Gasteiger partial charge in [-0.25, -0.2) is 9.36 Å². The maximum Gasteiger partial charge on any atom is 0.424 e. The Morgan fingerprint density at radius 2 is 1.66 bits per heavy atom. The fourth-order valence-electron chi connectivity index (χ4n) is 4.43. The lowest BCUT2D eigenvalue weighted by atomic mass is 9.86. The molecule has 3 heterocycles. The molecular weight excluding hydrogens is 436 g/mol. The number of aromatic nitrogens is 3. The van der Waals surface area contributed by atoms with Crippen molar-refractivity contribution in [3.05, 3.63) is 101 Å². The fourth-order valence-corrected chi connectivity index (χ4v) is 4.43. The van der Waals surface area contributed by atoms with E-state index in [-0.39, 0.29) is 0 Å². The molecule has 0 radical (unpaired) electrons. The first-order valence-electron chi connectivity index (χ1n) is 11.3. The van der Waals surface area contributed by atoms with E-state index >= 15 is 0 Å². The molecule has 0 fully saturated rings. The lowest BCUT2D eigenvalue weighted by molar-refractivity contribution is 0.539. The van der Waals surface area contributed by atoms with Gasteiger partial charge in [0.2, 0.25) is 0 Å². The normalized spacial score (nSPS) is 11.8. The van der Waals surface area contributed by atoms with Crippen LogP contribution in [0.3, 0.4) is 0 Å². The van der Waals surface area contributed by atoms with E-state index in [0.717, 1.165) is 38.5 Å². The zero-order valence-corrected chi connectivity index (χ0v) is 19.2. The third-order valence-corrected chi connectivity index (χ3v) is 6.46. The quantitative estimate of drug-likeness (QED) is 0.319. The van der Waals surface area contributed by atoms with Gasteiger partial charge in [-0.05, 0) is 61.4 Å². The van der Waals surface area contributed by atoms with Crippen molar-refractivity contribution in [2.45, 2.75) is 19.3 Å². The van der Waals surface area contributed by atoms with E-state index in [0.29, 0.717) is 16.8 Å². The summed E-state index contributed by atoms with van der Waals surface area (Å²) in [5.41, 5.74) is 5.62. The topological polar surface area (TPSA) is 84.7 Å². The minimum absolute atomic E-state index is 0.415. The van der Waals surface area contributed by atoms with E-state index in [2.05, 4.69) is 22.1 Å². The molecule has 0 atom stereocenters. The minimum atomic E-state index is -0.624. The van der Waals surface area contributed by atoms with Crippen LogP contribution in [0.1, 0.15) is 19.4 Å². The summed E-state index contributed by atoms with van der Waals surface area (Å²) in [6.07, 6.45) is 3.44. The molecule has 35 heavy (non-hydrogen) atoms. The fraction of sp³-hybridized carbons (Fsp3) is 0.103. The van der Waals surface area contributed by atoms with Crippen LogP contribution >= 0.6 is 0 Å². The minimum Gasteiger partial charge on any atom is -0.406 e. The number of hydrogen-bond donors (Lipinski definition) is 0. The molecule has 6 rings (SSSR count). The lowest BCUT2D eigenvalue weighted by Crippen LogP contribution is -2.15. The van der Waals surface area contributed by atoms with Crippen LogP contribution in [0.25, 0.3) is 49.7 Å². The van der Waals surface area contributed by atoms with E-state index < -0.39 is 11.2 Å².